The van der Waals surface area contributed by atoms with E-state index in [0.717, 1.165) is 22.5 Å². The third-order valence-electron chi connectivity index (χ3n) is 3.37. The summed E-state index contributed by atoms with van der Waals surface area (Å²) in [5, 5.41) is 7.27. The lowest BCUT2D eigenvalue weighted by atomic mass is 10.1. The second-order valence-corrected chi connectivity index (χ2v) is 4.83. The molecule has 0 aliphatic carbocycles. The molecule has 3 aromatic rings. The molecule has 0 amide bonds. The maximum Gasteiger partial charge on any atom is 0.137 e. The van der Waals surface area contributed by atoms with Crippen LogP contribution in [0.25, 0.3) is 22.5 Å². The molecule has 0 atom stereocenters. The zero-order chi connectivity index (χ0) is 14.1. The van der Waals surface area contributed by atoms with E-state index in [9.17, 15) is 0 Å². The smallest absolute Gasteiger partial charge is 0.137 e. The van der Waals surface area contributed by atoms with Crippen molar-refractivity contribution in [2.75, 3.05) is 0 Å². The van der Waals surface area contributed by atoms with Gasteiger partial charge in [0.2, 0.25) is 0 Å². The van der Waals surface area contributed by atoms with Gasteiger partial charge in [0.05, 0.1) is 11.9 Å². The Labute approximate surface area is 117 Å². The Morgan fingerprint density at radius 3 is 2.90 bits per heavy atom. The zero-order valence-electron chi connectivity index (χ0n) is 11.3. The number of fused-ring (bicyclic) bond motifs is 1. The Morgan fingerprint density at radius 1 is 1.30 bits per heavy atom. The summed E-state index contributed by atoms with van der Waals surface area (Å²) in [6.45, 7) is 5.93. The van der Waals surface area contributed by atoms with Crippen molar-refractivity contribution in [3.8, 4) is 11.3 Å². The molecule has 0 fully saturated rings. The Morgan fingerprint density at radius 2 is 2.15 bits per heavy atom. The highest BCUT2D eigenvalue weighted by Crippen LogP contribution is 2.23. The van der Waals surface area contributed by atoms with Crippen molar-refractivity contribution in [2.45, 2.75) is 6.92 Å². The molecular formula is C17H15N3. The van der Waals surface area contributed by atoms with Gasteiger partial charge in [-0.25, -0.2) is 4.98 Å². The molecule has 20 heavy (non-hydrogen) atoms. The molecule has 0 aliphatic rings. The maximum atomic E-state index is 7.27. The quantitative estimate of drug-likeness (QED) is 0.712. The Bertz CT molecular complexity index is 812. The number of aryl methyl sites for hydroxylation is 1. The van der Waals surface area contributed by atoms with Crippen LogP contribution in [0.5, 0.6) is 0 Å². The summed E-state index contributed by atoms with van der Waals surface area (Å²) < 4.78 is 2.05. The molecule has 0 spiro atoms. The van der Waals surface area contributed by atoms with E-state index in [1.165, 1.54) is 11.8 Å². The first kappa shape index (κ1) is 12.4. The summed E-state index contributed by atoms with van der Waals surface area (Å²) in [5.74, 6) is 0. The van der Waals surface area contributed by atoms with E-state index >= 15 is 0 Å². The first-order valence-corrected chi connectivity index (χ1v) is 6.43. The first-order valence-electron chi connectivity index (χ1n) is 6.43. The standard InChI is InChI=1S/C17H15N3/c1-12-4-3-5-15(8-12)16-11-19-17-9-14(13(2)10-18)6-7-20(16)17/h3-11,18H,2H2,1H3. The minimum Gasteiger partial charge on any atom is -0.308 e. The molecule has 1 N–H and O–H groups in total. The molecule has 1 aromatic carbocycles. The highest BCUT2D eigenvalue weighted by Gasteiger charge is 2.07. The van der Waals surface area contributed by atoms with Crippen LogP contribution in [0.3, 0.4) is 0 Å². The lowest BCUT2D eigenvalue weighted by Gasteiger charge is -2.05. The van der Waals surface area contributed by atoms with Gasteiger partial charge in [0.25, 0.3) is 0 Å². The van der Waals surface area contributed by atoms with E-state index in [1.807, 2.05) is 24.5 Å². The Hall–Kier alpha value is -2.68. The van der Waals surface area contributed by atoms with Crippen molar-refractivity contribution in [3.63, 3.8) is 0 Å². The van der Waals surface area contributed by atoms with Crippen LogP contribution < -0.4 is 0 Å². The predicted molar refractivity (Wildman–Crippen MR) is 83.2 cm³/mol. The summed E-state index contributed by atoms with van der Waals surface area (Å²) in [4.78, 5) is 4.45. The number of rotatable bonds is 3. The normalized spacial score (nSPS) is 10.7. The molecule has 0 aliphatic heterocycles. The Balaban J connectivity index is 2.15. The average molecular weight is 261 g/mol. The monoisotopic (exact) mass is 261 g/mol. The number of hydrogen-bond donors (Lipinski definition) is 1. The van der Waals surface area contributed by atoms with E-state index < -0.39 is 0 Å². The summed E-state index contributed by atoms with van der Waals surface area (Å²) in [6.07, 6.45) is 5.11. The van der Waals surface area contributed by atoms with Crippen LogP contribution in [-0.2, 0) is 0 Å². The van der Waals surface area contributed by atoms with Crippen molar-refractivity contribution in [1.82, 2.24) is 9.38 Å². The second-order valence-electron chi connectivity index (χ2n) is 4.83. The number of nitrogens with one attached hydrogen (secondary N) is 1. The van der Waals surface area contributed by atoms with E-state index in [2.05, 4.69) is 47.2 Å². The molecule has 0 unspecified atom stereocenters. The van der Waals surface area contributed by atoms with Crippen LogP contribution in [0.4, 0.5) is 0 Å². The van der Waals surface area contributed by atoms with E-state index in [1.54, 1.807) is 0 Å². The summed E-state index contributed by atoms with van der Waals surface area (Å²) in [5.41, 5.74) is 5.92. The highest BCUT2D eigenvalue weighted by molar-refractivity contribution is 6.07. The van der Waals surface area contributed by atoms with Crippen molar-refractivity contribution in [3.05, 3.63) is 66.5 Å². The third kappa shape index (κ3) is 2.03. The minimum atomic E-state index is 0.688. The van der Waals surface area contributed by atoms with Gasteiger partial charge in [-0.3, -0.25) is 4.40 Å². The van der Waals surface area contributed by atoms with Crippen molar-refractivity contribution in [2.24, 2.45) is 0 Å². The van der Waals surface area contributed by atoms with Crippen molar-refractivity contribution in [1.29, 1.82) is 5.41 Å². The van der Waals surface area contributed by atoms with Gasteiger partial charge in [-0.15, -0.1) is 0 Å². The van der Waals surface area contributed by atoms with Gasteiger partial charge in [0, 0.05) is 18.0 Å². The third-order valence-corrected chi connectivity index (χ3v) is 3.37. The maximum absolute atomic E-state index is 7.27. The van der Waals surface area contributed by atoms with Crippen molar-refractivity contribution < 1.29 is 0 Å². The fourth-order valence-corrected chi connectivity index (χ4v) is 2.28. The van der Waals surface area contributed by atoms with Gasteiger partial charge in [-0.2, -0.15) is 0 Å². The molecule has 2 heterocycles. The van der Waals surface area contributed by atoms with Crippen LogP contribution in [-0.4, -0.2) is 15.6 Å². The molecule has 98 valence electrons. The van der Waals surface area contributed by atoms with E-state index in [-0.39, 0.29) is 0 Å². The molecule has 0 radical (unpaired) electrons. The van der Waals surface area contributed by atoms with Crippen LogP contribution in [0.15, 0.2) is 55.4 Å². The van der Waals surface area contributed by atoms with E-state index in [0.29, 0.717) is 5.57 Å². The fraction of sp³-hybridized carbons (Fsp3) is 0.0588. The SMILES string of the molecule is C=C(C=N)c1ccn2c(-c3cccc(C)c3)cnc2c1. The molecule has 0 saturated heterocycles. The van der Waals surface area contributed by atoms with Gasteiger partial charge >= 0.3 is 0 Å². The van der Waals surface area contributed by atoms with Crippen LogP contribution in [0.1, 0.15) is 11.1 Å². The van der Waals surface area contributed by atoms with Crippen molar-refractivity contribution >= 4 is 17.4 Å². The molecule has 2 aromatic heterocycles. The van der Waals surface area contributed by atoms with Gasteiger partial charge in [-0.1, -0.05) is 30.3 Å². The Kier molecular flexibility index (Phi) is 2.95. The van der Waals surface area contributed by atoms with Gasteiger partial charge in [-0.05, 0) is 36.3 Å². The van der Waals surface area contributed by atoms with Gasteiger partial charge in [0.15, 0.2) is 0 Å². The fourth-order valence-electron chi connectivity index (χ4n) is 2.28. The predicted octanol–water partition coefficient (Wildman–Crippen LogP) is 3.97. The summed E-state index contributed by atoms with van der Waals surface area (Å²) in [6, 6.07) is 12.3. The van der Waals surface area contributed by atoms with Crippen LogP contribution >= 0.6 is 0 Å². The summed E-state index contributed by atoms with van der Waals surface area (Å²) >= 11 is 0. The number of allylic oxidation sites excluding steroid dienone is 1. The van der Waals surface area contributed by atoms with Gasteiger partial charge < -0.3 is 5.41 Å². The van der Waals surface area contributed by atoms with E-state index in [4.69, 9.17) is 5.41 Å². The van der Waals surface area contributed by atoms with Crippen LogP contribution in [0.2, 0.25) is 0 Å². The van der Waals surface area contributed by atoms with Crippen LogP contribution in [0, 0.1) is 12.3 Å². The number of hydrogen-bond acceptors (Lipinski definition) is 2. The second kappa shape index (κ2) is 4.78. The zero-order valence-corrected chi connectivity index (χ0v) is 11.3. The average Bonchev–Trinajstić information content (AvgIpc) is 2.89. The number of benzene rings is 1. The topological polar surface area (TPSA) is 41.2 Å². The number of aromatic nitrogens is 2. The number of pyridine rings is 1. The first-order chi connectivity index (χ1) is 9.69. The molecule has 0 saturated carbocycles. The highest BCUT2D eigenvalue weighted by atomic mass is 15.0. The number of imidazole rings is 1. The molecule has 0 bridgehead atoms. The molecule has 3 rings (SSSR count). The minimum absolute atomic E-state index is 0.688. The number of nitrogens with zero attached hydrogens (tertiary/aromatic N) is 2. The van der Waals surface area contributed by atoms with Gasteiger partial charge in [0.1, 0.15) is 5.65 Å². The lowest BCUT2D eigenvalue weighted by Crippen LogP contribution is -1.91. The molecule has 3 heteroatoms. The lowest BCUT2D eigenvalue weighted by molar-refractivity contribution is 1.18. The molecule has 3 nitrogen and oxygen atoms in total. The molecular weight excluding hydrogens is 246 g/mol. The summed E-state index contributed by atoms with van der Waals surface area (Å²) in [7, 11) is 0. The largest absolute Gasteiger partial charge is 0.308 e.